The van der Waals surface area contributed by atoms with Crippen molar-refractivity contribution in [1.82, 2.24) is 14.9 Å². The van der Waals surface area contributed by atoms with Crippen molar-refractivity contribution < 1.29 is 13.9 Å². The monoisotopic (exact) mass is 529 g/mol. The number of anilines is 3. The van der Waals surface area contributed by atoms with Crippen molar-refractivity contribution in [2.45, 2.75) is 11.4 Å². The average Bonchev–Trinajstić information content (AvgIpc) is 2.94. The molecule has 0 radical (unpaired) electrons. The normalized spacial score (nSPS) is 13.7. The van der Waals surface area contributed by atoms with Gasteiger partial charge in [0, 0.05) is 48.3 Å². The molecule has 0 atom stereocenters. The third kappa shape index (κ3) is 6.55. The highest BCUT2D eigenvalue weighted by Crippen LogP contribution is 2.29. The smallest absolute Gasteiger partial charge is 0.255 e. The number of rotatable bonds is 8. The summed E-state index contributed by atoms with van der Waals surface area (Å²) in [4.78, 5) is 25.2. The highest BCUT2D eigenvalue weighted by atomic mass is 32.2. The Labute approximate surface area is 225 Å². The maximum Gasteiger partial charge on any atom is 0.255 e. The van der Waals surface area contributed by atoms with Crippen molar-refractivity contribution in [2.24, 2.45) is 0 Å². The maximum absolute atomic E-state index is 13.4. The molecule has 1 fully saturated rings. The zero-order valence-corrected chi connectivity index (χ0v) is 21.8. The van der Waals surface area contributed by atoms with E-state index in [0.29, 0.717) is 11.5 Å². The summed E-state index contributed by atoms with van der Waals surface area (Å²) < 4.78 is 18.8. The van der Waals surface area contributed by atoms with E-state index in [9.17, 15) is 9.18 Å². The quantitative estimate of drug-likeness (QED) is 0.278. The number of ether oxygens (including phenoxy) is 1. The molecule has 9 heteroatoms. The van der Waals surface area contributed by atoms with E-state index in [4.69, 9.17) is 4.74 Å². The Morgan fingerprint density at radius 1 is 1.03 bits per heavy atom. The minimum atomic E-state index is -0.295. The summed E-state index contributed by atoms with van der Waals surface area (Å²) in [6, 6.07) is 21.3. The number of nitrogens with one attached hydrogen (secondary N) is 2. The van der Waals surface area contributed by atoms with E-state index in [0.717, 1.165) is 65.9 Å². The Hall–Kier alpha value is -3.79. The number of aromatic nitrogens is 2. The van der Waals surface area contributed by atoms with Crippen LogP contribution in [0.2, 0.25) is 0 Å². The van der Waals surface area contributed by atoms with E-state index in [-0.39, 0.29) is 11.7 Å². The Bertz CT molecular complexity index is 1390. The van der Waals surface area contributed by atoms with Crippen LogP contribution in [0.4, 0.5) is 21.7 Å². The van der Waals surface area contributed by atoms with Crippen molar-refractivity contribution in [3.05, 3.63) is 95.9 Å². The lowest BCUT2D eigenvalue weighted by atomic mass is 10.1. The summed E-state index contributed by atoms with van der Waals surface area (Å²) in [6.07, 6.45) is 3.69. The zero-order valence-electron chi connectivity index (χ0n) is 21.0. The Balaban J connectivity index is 1.24. The lowest BCUT2D eigenvalue weighted by molar-refractivity contribution is 0.0342. The van der Waals surface area contributed by atoms with Gasteiger partial charge in [-0.3, -0.25) is 9.69 Å². The average molecular weight is 530 g/mol. The van der Waals surface area contributed by atoms with Crippen molar-refractivity contribution in [3.8, 4) is 11.3 Å². The number of amides is 1. The van der Waals surface area contributed by atoms with Gasteiger partial charge in [0.25, 0.3) is 5.91 Å². The van der Waals surface area contributed by atoms with E-state index >= 15 is 0 Å². The van der Waals surface area contributed by atoms with E-state index in [1.165, 1.54) is 23.9 Å². The topological polar surface area (TPSA) is 79.4 Å². The predicted octanol–water partition coefficient (Wildman–Crippen LogP) is 5.83. The number of halogens is 1. The van der Waals surface area contributed by atoms with Gasteiger partial charge >= 0.3 is 0 Å². The molecule has 3 aromatic carbocycles. The van der Waals surface area contributed by atoms with Gasteiger partial charge in [0.1, 0.15) is 5.82 Å². The van der Waals surface area contributed by atoms with Crippen LogP contribution in [-0.2, 0) is 11.3 Å². The van der Waals surface area contributed by atoms with Crippen molar-refractivity contribution >= 4 is 35.0 Å². The molecule has 1 saturated heterocycles. The van der Waals surface area contributed by atoms with Crippen LogP contribution in [0, 0.1) is 5.82 Å². The van der Waals surface area contributed by atoms with Gasteiger partial charge in [-0.05, 0) is 72.5 Å². The second kappa shape index (κ2) is 12.2. The predicted molar refractivity (Wildman–Crippen MR) is 149 cm³/mol. The van der Waals surface area contributed by atoms with Gasteiger partial charge in [0.05, 0.1) is 23.8 Å². The Morgan fingerprint density at radius 2 is 1.79 bits per heavy atom. The highest BCUT2D eigenvalue weighted by molar-refractivity contribution is 7.98. The van der Waals surface area contributed by atoms with Crippen LogP contribution in [-0.4, -0.2) is 53.3 Å². The molecule has 1 aliphatic heterocycles. The molecule has 0 aliphatic carbocycles. The van der Waals surface area contributed by atoms with E-state index in [1.54, 1.807) is 30.5 Å². The fourth-order valence-electron chi connectivity index (χ4n) is 4.20. The number of hydrogen-bond donors (Lipinski definition) is 2. The molecule has 2 heterocycles. The van der Waals surface area contributed by atoms with Gasteiger partial charge in [-0.1, -0.05) is 12.1 Å². The third-order valence-corrected chi connectivity index (χ3v) is 6.93. The first-order valence-corrected chi connectivity index (χ1v) is 13.5. The second-order valence-electron chi connectivity index (χ2n) is 8.86. The molecular formula is C29H28FN5O2S. The van der Waals surface area contributed by atoms with Gasteiger partial charge in [0.15, 0.2) is 0 Å². The fraction of sp³-hybridized carbons (Fsp3) is 0.207. The Morgan fingerprint density at radius 3 is 2.53 bits per heavy atom. The van der Waals surface area contributed by atoms with Crippen LogP contribution in [0.25, 0.3) is 11.3 Å². The number of carbonyl (C=O) groups excluding carboxylic acids is 1. The standard InChI is InChI=1S/C29H28FN5O2S/c1-38-26-18-31-29(34-27(26)21-5-9-23(30)10-6-21)33-24-11-7-22(8-12-24)28(36)32-25-4-2-3-20(17-25)19-35-13-15-37-16-14-35/h2-12,17-18H,13-16,19H2,1H3,(H,32,36)(H,31,33,34). The summed E-state index contributed by atoms with van der Waals surface area (Å²) >= 11 is 1.53. The first kappa shape index (κ1) is 25.8. The third-order valence-electron chi connectivity index (χ3n) is 6.19. The molecule has 5 rings (SSSR count). The molecule has 0 unspecified atom stereocenters. The molecule has 1 amide bonds. The summed E-state index contributed by atoms with van der Waals surface area (Å²) in [6.45, 7) is 4.17. The number of benzene rings is 3. The summed E-state index contributed by atoms with van der Waals surface area (Å²) in [5, 5.41) is 6.18. The van der Waals surface area contributed by atoms with Gasteiger partial charge in [-0.15, -0.1) is 11.8 Å². The molecule has 194 valence electrons. The van der Waals surface area contributed by atoms with Crippen LogP contribution in [0.5, 0.6) is 0 Å². The maximum atomic E-state index is 13.4. The summed E-state index contributed by atoms with van der Waals surface area (Å²) in [7, 11) is 0. The number of nitrogens with zero attached hydrogens (tertiary/aromatic N) is 3. The first-order chi connectivity index (χ1) is 18.6. The summed E-state index contributed by atoms with van der Waals surface area (Å²) in [5.41, 5.74) is 4.73. The fourth-order valence-corrected chi connectivity index (χ4v) is 4.71. The van der Waals surface area contributed by atoms with Crippen molar-refractivity contribution in [2.75, 3.05) is 43.2 Å². The lowest BCUT2D eigenvalue weighted by Crippen LogP contribution is -2.35. The molecule has 0 spiro atoms. The highest BCUT2D eigenvalue weighted by Gasteiger charge is 2.13. The number of carbonyl (C=O) groups is 1. The Kier molecular flexibility index (Phi) is 8.28. The first-order valence-electron chi connectivity index (χ1n) is 12.3. The van der Waals surface area contributed by atoms with E-state index < -0.39 is 0 Å². The minimum Gasteiger partial charge on any atom is -0.379 e. The molecule has 4 aromatic rings. The molecular weight excluding hydrogens is 501 g/mol. The van der Waals surface area contributed by atoms with E-state index in [1.807, 2.05) is 36.6 Å². The van der Waals surface area contributed by atoms with Crippen LogP contribution in [0.3, 0.4) is 0 Å². The zero-order chi connectivity index (χ0) is 26.3. The van der Waals surface area contributed by atoms with E-state index in [2.05, 4.69) is 31.6 Å². The largest absolute Gasteiger partial charge is 0.379 e. The van der Waals surface area contributed by atoms with Gasteiger partial charge < -0.3 is 15.4 Å². The number of thioether (sulfide) groups is 1. The number of hydrogen-bond acceptors (Lipinski definition) is 7. The van der Waals surface area contributed by atoms with Crippen LogP contribution in [0.1, 0.15) is 15.9 Å². The molecule has 0 saturated carbocycles. The lowest BCUT2D eigenvalue weighted by Gasteiger charge is -2.26. The minimum absolute atomic E-state index is 0.181. The van der Waals surface area contributed by atoms with Crippen molar-refractivity contribution in [3.63, 3.8) is 0 Å². The summed E-state index contributed by atoms with van der Waals surface area (Å²) in [5.74, 6) is -0.0627. The van der Waals surface area contributed by atoms with Crippen molar-refractivity contribution in [1.29, 1.82) is 0 Å². The van der Waals surface area contributed by atoms with Gasteiger partial charge in [-0.25, -0.2) is 14.4 Å². The van der Waals surface area contributed by atoms with Crippen LogP contribution in [0.15, 0.2) is 83.9 Å². The second-order valence-corrected chi connectivity index (χ2v) is 9.71. The molecule has 1 aliphatic rings. The number of morpholine rings is 1. The molecule has 0 bridgehead atoms. The molecule has 2 N–H and O–H groups in total. The van der Waals surface area contributed by atoms with Crippen LogP contribution < -0.4 is 10.6 Å². The van der Waals surface area contributed by atoms with Gasteiger partial charge in [0.2, 0.25) is 5.95 Å². The molecule has 7 nitrogen and oxygen atoms in total. The van der Waals surface area contributed by atoms with Crippen LogP contribution >= 0.6 is 11.8 Å². The molecule has 38 heavy (non-hydrogen) atoms. The SMILES string of the molecule is CSc1cnc(Nc2ccc(C(=O)Nc3cccc(CN4CCOCC4)c3)cc2)nc1-c1ccc(F)cc1. The van der Waals surface area contributed by atoms with Gasteiger partial charge in [-0.2, -0.15) is 0 Å². The molecule has 1 aromatic heterocycles.